The average molecular weight is 365 g/mol. The molecule has 27 heavy (non-hydrogen) atoms. The Balaban J connectivity index is 1.47. The summed E-state index contributed by atoms with van der Waals surface area (Å²) in [5.74, 6) is -0.0417. The quantitative estimate of drug-likeness (QED) is 0.886. The molecule has 1 aliphatic rings. The Kier molecular flexibility index (Phi) is 6.12. The number of nitrogens with one attached hydrogen (secondary N) is 1. The van der Waals surface area contributed by atoms with Crippen molar-refractivity contribution in [2.45, 2.75) is 26.3 Å². The summed E-state index contributed by atoms with van der Waals surface area (Å²) >= 11 is 0. The lowest BCUT2D eigenvalue weighted by Gasteiger charge is -2.36. The molecule has 0 radical (unpaired) electrons. The minimum Gasteiger partial charge on any atom is -0.368 e. The predicted molar refractivity (Wildman–Crippen MR) is 108 cm³/mol. The van der Waals surface area contributed by atoms with Crippen LogP contribution in [0.25, 0.3) is 0 Å². The normalized spacial score (nSPS) is 15.3. The van der Waals surface area contributed by atoms with E-state index in [4.69, 9.17) is 0 Å². The van der Waals surface area contributed by atoms with E-state index in [-0.39, 0.29) is 17.9 Å². The van der Waals surface area contributed by atoms with Gasteiger partial charge < -0.3 is 15.1 Å². The number of aryl methyl sites for hydroxylation is 1. The molecule has 1 fully saturated rings. The van der Waals surface area contributed by atoms with Crippen LogP contribution in [-0.2, 0) is 4.79 Å². The number of amides is 2. The minimum atomic E-state index is -0.194. The molecule has 1 atom stereocenters. The van der Waals surface area contributed by atoms with Gasteiger partial charge >= 0.3 is 0 Å². The molecule has 1 N–H and O–H groups in total. The maximum absolute atomic E-state index is 12.6. The number of piperazine rings is 1. The molecule has 2 aromatic carbocycles. The van der Waals surface area contributed by atoms with Crippen molar-refractivity contribution in [1.29, 1.82) is 0 Å². The summed E-state index contributed by atoms with van der Waals surface area (Å²) < 4.78 is 0. The van der Waals surface area contributed by atoms with E-state index in [2.05, 4.69) is 41.4 Å². The maximum atomic E-state index is 12.6. The molecule has 0 spiro atoms. The number of benzene rings is 2. The van der Waals surface area contributed by atoms with Gasteiger partial charge in [0.25, 0.3) is 5.91 Å². The van der Waals surface area contributed by atoms with Gasteiger partial charge in [0.05, 0.1) is 0 Å². The topological polar surface area (TPSA) is 52.6 Å². The second kappa shape index (κ2) is 8.71. The molecule has 0 aromatic heterocycles. The Morgan fingerprint density at radius 3 is 2.37 bits per heavy atom. The van der Waals surface area contributed by atoms with Gasteiger partial charge in [-0.3, -0.25) is 9.59 Å². The molecule has 1 unspecified atom stereocenters. The van der Waals surface area contributed by atoms with E-state index in [0.717, 1.165) is 13.1 Å². The fourth-order valence-corrected chi connectivity index (χ4v) is 3.38. The van der Waals surface area contributed by atoms with Gasteiger partial charge in [-0.05, 0) is 43.7 Å². The van der Waals surface area contributed by atoms with Crippen LogP contribution in [0.5, 0.6) is 0 Å². The monoisotopic (exact) mass is 365 g/mol. The number of nitrogens with zero attached hydrogens (tertiary/aromatic N) is 2. The number of carbonyl (C=O) groups excluding carboxylic acids is 2. The van der Waals surface area contributed by atoms with Crippen LogP contribution in [0.2, 0.25) is 0 Å². The van der Waals surface area contributed by atoms with E-state index in [0.29, 0.717) is 25.1 Å². The van der Waals surface area contributed by atoms with Crippen molar-refractivity contribution in [3.8, 4) is 0 Å². The lowest BCUT2D eigenvalue weighted by molar-refractivity contribution is -0.131. The molecule has 5 nitrogen and oxygen atoms in total. The van der Waals surface area contributed by atoms with E-state index in [1.807, 2.05) is 30.0 Å². The van der Waals surface area contributed by atoms with E-state index < -0.39 is 0 Å². The van der Waals surface area contributed by atoms with Crippen molar-refractivity contribution >= 4 is 17.5 Å². The van der Waals surface area contributed by atoms with Crippen molar-refractivity contribution in [2.75, 3.05) is 31.1 Å². The Bertz CT molecular complexity index is 783. The highest BCUT2D eigenvalue weighted by Gasteiger charge is 2.23. The number of carbonyl (C=O) groups is 2. The first-order valence-electron chi connectivity index (χ1n) is 9.48. The van der Waals surface area contributed by atoms with Crippen molar-refractivity contribution in [1.82, 2.24) is 10.2 Å². The minimum absolute atomic E-state index is 0.0970. The number of anilines is 1. The standard InChI is InChI=1S/C22H27N3O2/c1-17-7-6-10-20(15-17)24-11-13-25(14-12-24)21(26)16-18(2)23-22(27)19-8-4-3-5-9-19/h3-10,15,18H,11-14,16H2,1-2H3,(H,23,27). The van der Waals surface area contributed by atoms with Crippen LogP contribution in [0, 0.1) is 6.92 Å². The highest BCUT2D eigenvalue weighted by Crippen LogP contribution is 2.18. The molecular formula is C22H27N3O2. The third-order valence-corrected chi connectivity index (χ3v) is 4.89. The molecule has 1 saturated heterocycles. The Morgan fingerprint density at radius 1 is 1.00 bits per heavy atom. The van der Waals surface area contributed by atoms with Crippen molar-refractivity contribution < 1.29 is 9.59 Å². The summed E-state index contributed by atoms with van der Waals surface area (Å²) in [6, 6.07) is 17.3. The molecule has 0 saturated carbocycles. The van der Waals surface area contributed by atoms with E-state index in [9.17, 15) is 9.59 Å². The Hall–Kier alpha value is -2.82. The lowest BCUT2D eigenvalue weighted by Crippen LogP contribution is -2.50. The number of rotatable bonds is 5. The van der Waals surface area contributed by atoms with Crippen molar-refractivity contribution in [3.63, 3.8) is 0 Å². The average Bonchev–Trinajstić information content (AvgIpc) is 2.68. The zero-order valence-electron chi connectivity index (χ0n) is 16.0. The van der Waals surface area contributed by atoms with E-state index in [1.54, 1.807) is 12.1 Å². The maximum Gasteiger partial charge on any atom is 0.251 e. The number of hydrogen-bond acceptors (Lipinski definition) is 3. The van der Waals surface area contributed by atoms with Crippen LogP contribution in [0.1, 0.15) is 29.3 Å². The molecule has 0 aliphatic carbocycles. The van der Waals surface area contributed by atoms with Gasteiger partial charge in [-0.2, -0.15) is 0 Å². The molecular weight excluding hydrogens is 338 g/mol. The van der Waals surface area contributed by atoms with Gasteiger partial charge in [-0.1, -0.05) is 30.3 Å². The fourth-order valence-electron chi connectivity index (χ4n) is 3.38. The summed E-state index contributed by atoms with van der Waals surface area (Å²) in [6.07, 6.45) is 0.322. The first kappa shape index (κ1) is 19.0. The van der Waals surface area contributed by atoms with E-state index in [1.165, 1.54) is 11.3 Å². The third-order valence-electron chi connectivity index (χ3n) is 4.89. The van der Waals surface area contributed by atoms with Crippen LogP contribution in [-0.4, -0.2) is 48.9 Å². The number of hydrogen-bond donors (Lipinski definition) is 1. The second-order valence-electron chi connectivity index (χ2n) is 7.15. The zero-order chi connectivity index (χ0) is 19.2. The first-order valence-corrected chi connectivity index (χ1v) is 9.48. The first-order chi connectivity index (χ1) is 13.0. The van der Waals surface area contributed by atoms with Gasteiger partial charge in [0.1, 0.15) is 0 Å². The van der Waals surface area contributed by atoms with Crippen LogP contribution in [0.15, 0.2) is 54.6 Å². The fraction of sp³-hybridized carbons (Fsp3) is 0.364. The van der Waals surface area contributed by atoms with Crippen LogP contribution >= 0.6 is 0 Å². The smallest absolute Gasteiger partial charge is 0.251 e. The molecule has 0 bridgehead atoms. The summed E-state index contributed by atoms with van der Waals surface area (Å²) in [6.45, 7) is 7.06. The van der Waals surface area contributed by atoms with Gasteiger partial charge in [-0.15, -0.1) is 0 Å². The lowest BCUT2D eigenvalue weighted by atomic mass is 10.1. The molecule has 2 aromatic rings. The largest absolute Gasteiger partial charge is 0.368 e. The van der Waals surface area contributed by atoms with Crippen molar-refractivity contribution in [3.05, 3.63) is 65.7 Å². The third kappa shape index (κ3) is 5.09. The molecule has 5 heteroatoms. The summed E-state index contributed by atoms with van der Waals surface area (Å²) in [5.41, 5.74) is 3.07. The van der Waals surface area contributed by atoms with Crippen LogP contribution < -0.4 is 10.2 Å². The second-order valence-corrected chi connectivity index (χ2v) is 7.15. The predicted octanol–water partition coefficient (Wildman–Crippen LogP) is 2.85. The molecule has 142 valence electrons. The van der Waals surface area contributed by atoms with Crippen molar-refractivity contribution in [2.24, 2.45) is 0 Å². The Labute approximate surface area is 161 Å². The summed E-state index contributed by atoms with van der Waals surface area (Å²) in [4.78, 5) is 29.0. The molecule has 1 heterocycles. The highest BCUT2D eigenvalue weighted by molar-refractivity contribution is 5.94. The van der Waals surface area contributed by atoms with Gasteiger partial charge in [0.15, 0.2) is 0 Å². The summed E-state index contributed by atoms with van der Waals surface area (Å²) in [5, 5.41) is 2.91. The van der Waals surface area contributed by atoms with Gasteiger partial charge in [0, 0.05) is 49.9 Å². The van der Waals surface area contributed by atoms with E-state index >= 15 is 0 Å². The molecule has 3 rings (SSSR count). The molecule has 2 amide bonds. The highest BCUT2D eigenvalue weighted by atomic mass is 16.2. The molecule has 1 aliphatic heterocycles. The van der Waals surface area contributed by atoms with Gasteiger partial charge in [0.2, 0.25) is 5.91 Å². The van der Waals surface area contributed by atoms with Crippen LogP contribution in [0.3, 0.4) is 0 Å². The summed E-state index contributed by atoms with van der Waals surface area (Å²) in [7, 11) is 0. The SMILES string of the molecule is Cc1cccc(N2CCN(C(=O)CC(C)NC(=O)c3ccccc3)CC2)c1. The Morgan fingerprint density at radius 2 is 1.70 bits per heavy atom. The zero-order valence-corrected chi connectivity index (χ0v) is 16.0. The van der Waals surface area contributed by atoms with Gasteiger partial charge in [-0.25, -0.2) is 0 Å². The van der Waals surface area contributed by atoms with Crippen LogP contribution in [0.4, 0.5) is 5.69 Å².